The van der Waals surface area contributed by atoms with Gasteiger partial charge in [-0.15, -0.1) is 0 Å². The van der Waals surface area contributed by atoms with Crippen LogP contribution in [0.3, 0.4) is 0 Å². The number of nitrogens with zero attached hydrogens (tertiary/aromatic N) is 2. The molecule has 0 atom stereocenters. The molecule has 1 aromatic carbocycles. The van der Waals surface area contributed by atoms with Gasteiger partial charge in [-0.25, -0.2) is 9.97 Å². The molecule has 100 valence electrons. The van der Waals surface area contributed by atoms with Gasteiger partial charge in [0.1, 0.15) is 17.4 Å². The number of methoxy groups -OCH3 is 1. The van der Waals surface area contributed by atoms with E-state index in [-0.39, 0.29) is 0 Å². The predicted octanol–water partition coefficient (Wildman–Crippen LogP) is 2.97. The van der Waals surface area contributed by atoms with E-state index >= 15 is 0 Å². The Morgan fingerprint density at radius 2 is 1.68 bits per heavy atom. The molecule has 0 saturated carbocycles. The number of nitrogens with two attached hydrogens (primary N) is 1. The Morgan fingerprint density at radius 3 is 2.26 bits per heavy atom. The van der Waals surface area contributed by atoms with Crippen molar-refractivity contribution in [1.82, 2.24) is 9.97 Å². The lowest BCUT2D eigenvalue weighted by molar-refractivity contribution is 0.408. The minimum absolute atomic E-state index is 0.494. The number of hydrogen-bond donors (Lipinski definition) is 1. The molecule has 0 aliphatic rings. The van der Waals surface area contributed by atoms with E-state index in [2.05, 4.69) is 29.9 Å². The minimum atomic E-state index is 0.494. The minimum Gasteiger partial charge on any atom is -0.496 e. The van der Waals surface area contributed by atoms with E-state index in [1.165, 1.54) is 0 Å². The second kappa shape index (κ2) is 4.88. The Hall–Kier alpha value is -2.10. The number of aromatic nitrogens is 2. The summed E-state index contributed by atoms with van der Waals surface area (Å²) in [7, 11) is 1.70. The van der Waals surface area contributed by atoms with E-state index in [4.69, 9.17) is 10.5 Å². The zero-order valence-electron chi connectivity index (χ0n) is 12.0. The average molecular weight is 257 g/mol. The van der Waals surface area contributed by atoms with Crippen LogP contribution in [-0.4, -0.2) is 17.1 Å². The highest BCUT2D eigenvalue weighted by molar-refractivity contribution is 5.70. The molecule has 0 amide bonds. The zero-order valence-corrected chi connectivity index (χ0v) is 12.0. The highest BCUT2D eigenvalue weighted by atomic mass is 16.5. The summed E-state index contributed by atoms with van der Waals surface area (Å²) in [6.07, 6.45) is 0. The van der Waals surface area contributed by atoms with Crippen LogP contribution in [0.5, 0.6) is 5.75 Å². The smallest absolute Gasteiger partial charge is 0.128 e. The fourth-order valence-corrected chi connectivity index (χ4v) is 2.37. The summed E-state index contributed by atoms with van der Waals surface area (Å²) in [6.45, 7) is 8.01. The lowest BCUT2D eigenvalue weighted by atomic mass is 9.96. The Bertz CT molecular complexity index is 616. The van der Waals surface area contributed by atoms with Crippen LogP contribution in [0, 0.1) is 27.7 Å². The third-order valence-electron chi connectivity index (χ3n) is 3.36. The highest BCUT2D eigenvalue weighted by Gasteiger charge is 2.13. The van der Waals surface area contributed by atoms with Gasteiger partial charge in [0.15, 0.2) is 0 Å². The lowest BCUT2D eigenvalue weighted by Gasteiger charge is -2.15. The monoisotopic (exact) mass is 257 g/mol. The quantitative estimate of drug-likeness (QED) is 0.898. The average Bonchev–Trinajstić information content (AvgIpc) is 2.33. The molecule has 1 heterocycles. The molecule has 0 radical (unpaired) electrons. The largest absolute Gasteiger partial charge is 0.496 e. The van der Waals surface area contributed by atoms with Gasteiger partial charge < -0.3 is 10.5 Å². The Kier molecular flexibility index (Phi) is 3.42. The first-order valence-electron chi connectivity index (χ1n) is 6.20. The van der Waals surface area contributed by atoms with Crippen molar-refractivity contribution in [2.45, 2.75) is 27.7 Å². The summed E-state index contributed by atoms with van der Waals surface area (Å²) >= 11 is 0. The van der Waals surface area contributed by atoms with Crippen LogP contribution in [0.1, 0.15) is 22.5 Å². The van der Waals surface area contributed by atoms with Gasteiger partial charge in [-0.3, -0.25) is 0 Å². The van der Waals surface area contributed by atoms with Crippen molar-refractivity contribution in [2.24, 2.45) is 0 Å². The van der Waals surface area contributed by atoms with Crippen molar-refractivity contribution >= 4 is 5.82 Å². The van der Waals surface area contributed by atoms with E-state index < -0.39 is 0 Å². The number of anilines is 1. The predicted molar refractivity (Wildman–Crippen MR) is 77.4 cm³/mol. The maximum absolute atomic E-state index is 5.80. The third kappa shape index (κ3) is 2.38. The molecule has 1 aromatic heterocycles. The maximum atomic E-state index is 5.80. The normalized spacial score (nSPS) is 10.6. The van der Waals surface area contributed by atoms with Gasteiger partial charge in [-0.2, -0.15) is 0 Å². The fourth-order valence-electron chi connectivity index (χ4n) is 2.37. The van der Waals surface area contributed by atoms with E-state index in [1.54, 1.807) is 13.2 Å². The summed E-state index contributed by atoms with van der Waals surface area (Å²) in [5.74, 6) is 2.11. The van der Waals surface area contributed by atoms with E-state index in [0.29, 0.717) is 11.6 Å². The SMILES string of the molecule is COc1c(C)cc(-c2cc(N)nc(C)n2)c(C)c1C. The van der Waals surface area contributed by atoms with Crippen LogP contribution < -0.4 is 10.5 Å². The first kappa shape index (κ1) is 13.3. The molecule has 0 saturated heterocycles. The topological polar surface area (TPSA) is 61.0 Å². The van der Waals surface area contributed by atoms with Crippen LogP contribution in [0.25, 0.3) is 11.3 Å². The standard InChI is InChI=1S/C15H19N3O/c1-8-6-12(9(2)10(3)15(8)19-5)13-7-14(16)18-11(4)17-13/h6-7H,1-5H3,(H2,16,17,18). The van der Waals surface area contributed by atoms with Gasteiger partial charge in [0.05, 0.1) is 12.8 Å². The molecule has 0 fully saturated rings. The van der Waals surface area contributed by atoms with Crippen LogP contribution in [0.4, 0.5) is 5.82 Å². The first-order chi connectivity index (χ1) is 8.93. The van der Waals surface area contributed by atoms with E-state index in [9.17, 15) is 0 Å². The summed E-state index contributed by atoms with van der Waals surface area (Å²) in [5, 5.41) is 0. The summed E-state index contributed by atoms with van der Waals surface area (Å²) in [4.78, 5) is 8.58. The molecule has 2 N–H and O–H groups in total. The van der Waals surface area contributed by atoms with Gasteiger partial charge in [-0.1, -0.05) is 0 Å². The van der Waals surface area contributed by atoms with Crippen molar-refractivity contribution in [3.63, 3.8) is 0 Å². The van der Waals surface area contributed by atoms with Gasteiger partial charge >= 0.3 is 0 Å². The molecule has 0 unspecified atom stereocenters. The number of rotatable bonds is 2. The third-order valence-corrected chi connectivity index (χ3v) is 3.36. The number of nitrogen functional groups attached to an aromatic ring is 1. The Balaban J connectivity index is 2.69. The van der Waals surface area contributed by atoms with Crippen molar-refractivity contribution in [3.05, 3.63) is 34.6 Å². The Labute approximate surface area is 113 Å². The summed E-state index contributed by atoms with van der Waals surface area (Å²) < 4.78 is 5.44. The molecular weight excluding hydrogens is 238 g/mol. The van der Waals surface area contributed by atoms with Crippen LogP contribution in [0.2, 0.25) is 0 Å². The van der Waals surface area contributed by atoms with Crippen molar-refractivity contribution < 1.29 is 4.74 Å². The lowest BCUT2D eigenvalue weighted by Crippen LogP contribution is -2.01. The van der Waals surface area contributed by atoms with Crippen molar-refractivity contribution in [1.29, 1.82) is 0 Å². The second-order valence-corrected chi connectivity index (χ2v) is 4.75. The number of aryl methyl sites for hydroxylation is 2. The van der Waals surface area contributed by atoms with Gasteiger partial charge in [-0.05, 0) is 50.5 Å². The second-order valence-electron chi connectivity index (χ2n) is 4.75. The fraction of sp³-hybridized carbons (Fsp3) is 0.333. The Morgan fingerprint density at radius 1 is 1.00 bits per heavy atom. The molecule has 0 bridgehead atoms. The van der Waals surface area contributed by atoms with Crippen LogP contribution >= 0.6 is 0 Å². The van der Waals surface area contributed by atoms with E-state index in [1.807, 2.05) is 13.8 Å². The molecule has 4 nitrogen and oxygen atoms in total. The number of ether oxygens (including phenoxy) is 1. The van der Waals surface area contributed by atoms with Gasteiger partial charge in [0, 0.05) is 11.6 Å². The van der Waals surface area contributed by atoms with Gasteiger partial charge in [0.25, 0.3) is 0 Å². The van der Waals surface area contributed by atoms with Crippen LogP contribution in [0.15, 0.2) is 12.1 Å². The summed E-state index contributed by atoms with van der Waals surface area (Å²) in [6, 6.07) is 3.89. The molecule has 19 heavy (non-hydrogen) atoms. The molecule has 0 spiro atoms. The molecule has 4 heteroatoms. The molecule has 2 rings (SSSR count). The first-order valence-corrected chi connectivity index (χ1v) is 6.20. The number of benzene rings is 1. The zero-order chi connectivity index (χ0) is 14.2. The molecular formula is C15H19N3O. The molecule has 0 aliphatic heterocycles. The molecule has 2 aromatic rings. The van der Waals surface area contributed by atoms with Crippen molar-refractivity contribution in [3.8, 4) is 17.0 Å². The van der Waals surface area contributed by atoms with Crippen LogP contribution in [-0.2, 0) is 0 Å². The summed E-state index contributed by atoms with van der Waals surface area (Å²) in [5.41, 5.74) is 11.1. The number of hydrogen-bond acceptors (Lipinski definition) is 4. The van der Waals surface area contributed by atoms with E-state index in [0.717, 1.165) is 33.7 Å². The van der Waals surface area contributed by atoms with Crippen molar-refractivity contribution in [2.75, 3.05) is 12.8 Å². The maximum Gasteiger partial charge on any atom is 0.128 e. The highest BCUT2D eigenvalue weighted by Crippen LogP contribution is 2.33. The molecule has 0 aliphatic carbocycles. The van der Waals surface area contributed by atoms with Gasteiger partial charge in [0.2, 0.25) is 0 Å².